The third-order valence-electron chi connectivity index (χ3n) is 3.26. The number of nitrogens with one attached hydrogen (secondary N) is 1. The summed E-state index contributed by atoms with van der Waals surface area (Å²) in [6, 6.07) is -0.488. The number of carboxylic acids is 1. The highest BCUT2D eigenvalue weighted by Crippen LogP contribution is 2.34. The van der Waals surface area contributed by atoms with Crippen LogP contribution in [-0.2, 0) is 19.4 Å². The molecular formula is C11H19NO5S. The van der Waals surface area contributed by atoms with E-state index < -0.39 is 33.7 Å². The number of carbonyl (C=O) groups is 2. The van der Waals surface area contributed by atoms with E-state index in [-0.39, 0.29) is 17.4 Å². The number of aliphatic carboxylic acids is 1. The first-order valence-corrected chi connectivity index (χ1v) is 7.82. The van der Waals surface area contributed by atoms with Crippen LogP contribution in [0.3, 0.4) is 0 Å². The van der Waals surface area contributed by atoms with Crippen molar-refractivity contribution in [3.05, 3.63) is 0 Å². The molecule has 3 unspecified atom stereocenters. The monoisotopic (exact) mass is 277 g/mol. The molecule has 0 radical (unpaired) electrons. The molecule has 1 aliphatic rings. The molecule has 0 saturated heterocycles. The van der Waals surface area contributed by atoms with Crippen molar-refractivity contribution in [2.45, 2.75) is 32.7 Å². The number of sulfone groups is 1. The van der Waals surface area contributed by atoms with Crippen molar-refractivity contribution in [1.29, 1.82) is 0 Å². The second-order valence-electron chi connectivity index (χ2n) is 4.74. The van der Waals surface area contributed by atoms with Gasteiger partial charge in [0.05, 0.1) is 17.6 Å². The van der Waals surface area contributed by atoms with Crippen LogP contribution in [0.5, 0.6) is 0 Å². The second-order valence-corrected chi connectivity index (χ2v) is 7.13. The molecule has 1 amide bonds. The zero-order chi connectivity index (χ0) is 13.9. The lowest BCUT2D eigenvalue weighted by molar-refractivity contribution is -0.152. The van der Waals surface area contributed by atoms with E-state index >= 15 is 0 Å². The highest BCUT2D eigenvalue weighted by molar-refractivity contribution is 7.91. The van der Waals surface area contributed by atoms with Gasteiger partial charge < -0.3 is 10.4 Å². The molecule has 0 aliphatic heterocycles. The predicted molar refractivity (Wildman–Crippen MR) is 65.8 cm³/mol. The first kappa shape index (κ1) is 14.9. The molecule has 0 spiro atoms. The average Bonchev–Trinajstić information content (AvgIpc) is 2.13. The molecule has 7 heteroatoms. The molecule has 0 aromatic carbocycles. The van der Waals surface area contributed by atoms with E-state index in [1.165, 1.54) is 0 Å². The average molecular weight is 277 g/mol. The Morgan fingerprint density at radius 2 is 1.89 bits per heavy atom. The molecular weight excluding hydrogens is 258 g/mol. The molecule has 0 aromatic rings. The SMILES string of the molecule is CCS(=O)(=O)CC(C)NC(=O)C1CCC1C(=O)O. The first-order chi connectivity index (χ1) is 8.26. The van der Waals surface area contributed by atoms with Gasteiger partial charge in [0.2, 0.25) is 5.91 Å². The summed E-state index contributed by atoms with van der Waals surface area (Å²) in [7, 11) is -3.14. The van der Waals surface area contributed by atoms with Gasteiger partial charge in [-0.1, -0.05) is 6.92 Å². The topological polar surface area (TPSA) is 101 Å². The standard InChI is InChI=1S/C11H19NO5S/c1-3-18(16,17)6-7(2)12-10(13)8-4-5-9(8)11(14)15/h7-9H,3-6H2,1-2H3,(H,12,13)(H,14,15). The van der Waals surface area contributed by atoms with Crippen molar-refractivity contribution < 1.29 is 23.1 Å². The van der Waals surface area contributed by atoms with Crippen molar-refractivity contribution in [3.8, 4) is 0 Å². The molecule has 1 aliphatic carbocycles. The molecule has 18 heavy (non-hydrogen) atoms. The smallest absolute Gasteiger partial charge is 0.307 e. The normalized spacial score (nSPS) is 25.0. The Morgan fingerprint density at radius 1 is 1.33 bits per heavy atom. The minimum Gasteiger partial charge on any atom is -0.481 e. The number of carboxylic acid groups (broad SMARTS) is 1. The van der Waals surface area contributed by atoms with Crippen molar-refractivity contribution in [2.75, 3.05) is 11.5 Å². The van der Waals surface area contributed by atoms with Gasteiger partial charge in [0.15, 0.2) is 9.84 Å². The van der Waals surface area contributed by atoms with Crippen LogP contribution in [0, 0.1) is 11.8 Å². The summed E-state index contributed by atoms with van der Waals surface area (Å²) in [6.07, 6.45) is 1.06. The maximum Gasteiger partial charge on any atom is 0.307 e. The van der Waals surface area contributed by atoms with E-state index in [1.807, 2.05) is 0 Å². The fourth-order valence-corrected chi connectivity index (χ4v) is 3.08. The third kappa shape index (κ3) is 3.69. The van der Waals surface area contributed by atoms with Crippen LogP contribution in [0.15, 0.2) is 0 Å². The molecule has 6 nitrogen and oxygen atoms in total. The third-order valence-corrected chi connectivity index (χ3v) is 5.15. The van der Waals surface area contributed by atoms with E-state index in [1.54, 1.807) is 13.8 Å². The van der Waals surface area contributed by atoms with Gasteiger partial charge in [-0.05, 0) is 19.8 Å². The minimum atomic E-state index is -3.14. The maximum atomic E-state index is 11.8. The molecule has 0 aromatic heterocycles. The van der Waals surface area contributed by atoms with Crippen LogP contribution in [0.4, 0.5) is 0 Å². The van der Waals surface area contributed by atoms with Gasteiger partial charge in [-0.15, -0.1) is 0 Å². The zero-order valence-corrected chi connectivity index (χ0v) is 11.4. The van der Waals surface area contributed by atoms with Crippen molar-refractivity contribution in [3.63, 3.8) is 0 Å². The fraction of sp³-hybridized carbons (Fsp3) is 0.818. The summed E-state index contributed by atoms with van der Waals surface area (Å²) >= 11 is 0. The summed E-state index contributed by atoms with van der Waals surface area (Å²) in [4.78, 5) is 22.5. The van der Waals surface area contributed by atoms with E-state index in [2.05, 4.69) is 5.32 Å². The Kier molecular flexibility index (Phi) is 4.72. The van der Waals surface area contributed by atoms with Crippen LogP contribution in [0.25, 0.3) is 0 Å². The van der Waals surface area contributed by atoms with Crippen molar-refractivity contribution >= 4 is 21.7 Å². The molecule has 2 N–H and O–H groups in total. The summed E-state index contributed by atoms with van der Waals surface area (Å²) in [5, 5.41) is 11.4. The van der Waals surface area contributed by atoms with Gasteiger partial charge >= 0.3 is 5.97 Å². The molecule has 1 rings (SSSR count). The Balaban J connectivity index is 2.48. The lowest BCUT2D eigenvalue weighted by atomic mass is 9.73. The summed E-state index contributed by atoms with van der Waals surface area (Å²) < 4.78 is 22.7. The number of hydrogen-bond acceptors (Lipinski definition) is 4. The summed E-state index contributed by atoms with van der Waals surface area (Å²) in [5.74, 6) is -2.54. The van der Waals surface area contributed by atoms with E-state index in [0.717, 1.165) is 0 Å². The quantitative estimate of drug-likeness (QED) is 0.713. The Morgan fingerprint density at radius 3 is 2.28 bits per heavy atom. The number of carbonyl (C=O) groups excluding carboxylic acids is 1. The largest absolute Gasteiger partial charge is 0.481 e. The fourth-order valence-electron chi connectivity index (χ4n) is 2.00. The number of rotatable bonds is 6. The van der Waals surface area contributed by atoms with Gasteiger partial charge in [-0.3, -0.25) is 9.59 Å². The zero-order valence-electron chi connectivity index (χ0n) is 10.5. The second kappa shape index (κ2) is 5.69. The molecule has 3 atom stereocenters. The van der Waals surface area contributed by atoms with Gasteiger partial charge in [-0.2, -0.15) is 0 Å². The Hall–Kier alpha value is -1.11. The maximum absolute atomic E-state index is 11.8. The van der Waals surface area contributed by atoms with Crippen molar-refractivity contribution in [1.82, 2.24) is 5.32 Å². The van der Waals surface area contributed by atoms with E-state index in [9.17, 15) is 18.0 Å². The first-order valence-electron chi connectivity index (χ1n) is 6.00. The predicted octanol–water partition coefficient (Wildman–Crippen LogP) is 0.0366. The van der Waals surface area contributed by atoms with Crippen LogP contribution >= 0.6 is 0 Å². The number of amides is 1. The lowest BCUT2D eigenvalue weighted by Gasteiger charge is -2.32. The Labute approximate surface area is 107 Å². The van der Waals surface area contributed by atoms with Crippen LogP contribution in [0.2, 0.25) is 0 Å². The van der Waals surface area contributed by atoms with Crippen molar-refractivity contribution in [2.24, 2.45) is 11.8 Å². The van der Waals surface area contributed by atoms with E-state index in [4.69, 9.17) is 5.11 Å². The minimum absolute atomic E-state index is 0.0361. The molecule has 1 fully saturated rings. The molecule has 0 bridgehead atoms. The van der Waals surface area contributed by atoms with Gasteiger partial charge in [0.1, 0.15) is 0 Å². The highest BCUT2D eigenvalue weighted by Gasteiger charge is 2.41. The summed E-state index contributed by atoms with van der Waals surface area (Å²) in [6.45, 7) is 3.16. The Bertz CT molecular complexity index is 431. The van der Waals surface area contributed by atoms with E-state index in [0.29, 0.717) is 12.8 Å². The highest BCUT2D eigenvalue weighted by atomic mass is 32.2. The molecule has 104 valence electrons. The molecule has 1 saturated carbocycles. The van der Waals surface area contributed by atoms with Crippen LogP contribution in [0.1, 0.15) is 26.7 Å². The lowest BCUT2D eigenvalue weighted by Crippen LogP contribution is -2.48. The van der Waals surface area contributed by atoms with Gasteiger partial charge in [0, 0.05) is 11.8 Å². The van der Waals surface area contributed by atoms with Crippen LogP contribution < -0.4 is 5.32 Å². The molecule has 0 heterocycles. The number of hydrogen-bond donors (Lipinski definition) is 2. The van der Waals surface area contributed by atoms with Gasteiger partial charge in [-0.25, -0.2) is 8.42 Å². The summed E-state index contributed by atoms with van der Waals surface area (Å²) in [5.41, 5.74) is 0. The van der Waals surface area contributed by atoms with Crippen LogP contribution in [-0.4, -0.2) is 42.9 Å². The van der Waals surface area contributed by atoms with Gasteiger partial charge in [0.25, 0.3) is 0 Å².